The highest BCUT2D eigenvalue weighted by Crippen LogP contribution is 2.07. The maximum atomic E-state index is 11.7. The maximum Gasteiger partial charge on any atom is 0.323 e. The van der Waals surface area contributed by atoms with Crippen molar-refractivity contribution in [3.8, 4) is 0 Å². The minimum absolute atomic E-state index is 0.156. The van der Waals surface area contributed by atoms with Crippen LogP contribution in [0.3, 0.4) is 0 Å². The molecule has 17 heavy (non-hydrogen) atoms. The number of amides is 2. The van der Waals surface area contributed by atoms with Gasteiger partial charge in [-0.3, -0.25) is 4.79 Å². The van der Waals surface area contributed by atoms with Gasteiger partial charge in [0.15, 0.2) is 0 Å². The first-order chi connectivity index (χ1) is 8.01. The number of carbonyl (C=O) groups excluding carboxylic acids is 1. The van der Waals surface area contributed by atoms with Gasteiger partial charge in [-0.1, -0.05) is 33.1 Å². The second-order valence-electron chi connectivity index (χ2n) is 4.33. The molecule has 0 heterocycles. The Labute approximate surface area is 103 Å². The van der Waals surface area contributed by atoms with Crippen LogP contribution >= 0.6 is 0 Å². The lowest BCUT2D eigenvalue weighted by molar-refractivity contribution is -0.137. The molecule has 0 aliphatic heterocycles. The van der Waals surface area contributed by atoms with Crippen molar-refractivity contribution >= 4 is 12.0 Å². The Kier molecular flexibility index (Phi) is 8.19. The zero-order valence-corrected chi connectivity index (χ0v) is 11.0. The van der Waals surface area contributed by atoms with E-state index in [4.69, 9.17) is 5.11 Å². The number of carboxylic acids is 1. The van der Waals surface area contributed by atoms with Gasteiger partial charge in [-0.2, -0.15) is 0 Å². The van der Waals surface area contributed by atoms with Crippen molar-refractivity contribution in [2.45, 2.75) is 52.0 Å². The van der Waals surface area contributed by atoms with E-state index in [9.17, 15) is 9.59 Å². The highest BCUT2D eigenvalue weighted by molar-refractivity contribution is 5.79. The molecule has 5 heteroatoms. The summed E-state index contributed by atoms with van der Waals surface area (Å²) < 4.78 is 0. The van der Waals surface area contributed by atoms with Gasteiger partial charge in [-0.15, -0.1) is 0 Å². The number of likely N-dealkylation sites (N-methyl/N-ethyl adjacent to an activating group) is 1. The van der Waals surface area contributed by atoms with E-state index >= 15 is 0 Å². The number of hydrogen-bond acceptors (Lipinski definition) is 2. The number of nitrogens with zero attached hydrogens (tertiary/aromatic N) is 1. The first-order valence-corrected chi connectivity index (χ1v) is 6.24. The fraction of sp³-hybridized carbons (Fsp3) is 0.833. The van der Waals surface area contributed by atoms with Crippen LogP contribution in [0.5, 0.6) is 0 Å². The van der Waals surface area contributed by atoms with Gasteiger partial charge in [0.05, 0.1) is 0 Å². The normalized spacial score (nSPS) is 11.9. The van der Waals surface area contributed by atoms with Crippen LogP contribution in [0.1, 0.15) is 46.0 Å². The number of urea groups is 1. The van der Waals surface area contributed by atoms with Crippen molar-refractivity contribution < 1.29 is 14.7 Å². The molecule has 0 saturated heterocycles. The highest BCUT2D eigenvalue weighted by Gasteiger charge is 2.15. The van der Waals surface area contributed by atoms with E-state index in [0.29, 0.717) is 0 Å². The van der Waals surface area contributed by atoms with Crippen LogP contribution in [0.4, 0.5) is 4.79 Å². The molecule has 2 N–H and O–H groups in total. The number of aliphatic carboxylic acids is 1. The third-order valence-corrected chi connectivity index (χ3v) is 2.59. The number of rotatable bonds is 8. The molecular formula is C12H24N2O3. The van der Waals surface area contributed by atoms with Gasteiger partial charge in [-0.25, -0.2) is 4.79 Å². The molecule has 0 aromatic heterocycles. The number of unbranched alkanes of at least 4 members (excludes halogenated alkanes) is 1. The summed E-state index contributed by atoms with van der Waals surface area (Å²) in [6.45, 7) is 3.92. The maximum absolute atomic E-state index is 11.7. The van der Waals surface area contributed by atoms with E-state index in [-0.39, 0.29) is 18.6 Å². The predicted octanol–water partition coefficient (Wildman–Crippen LogP) is 2.07. The largest absolute Gasteiger partial charge is 0.480 e. The minimum Gasteiger partial charge on any atom is -0.480 e. The second kappa shape index (κ2) is 8.84. The number of nitrogens with one attached hydrogen (secondary N) is 1. The Bertz CT molecular complexity index is 244. The first-order valence-electron chi connectivity index (χ1n) is 6.24. The van der Waals surface area contributed by atoms with Crippen molar-refractivity contribution in [1.82, 2.24) is 10.2 Å². The van der Waals surface area contributed by atoms with Gasteiger partial charge < -0.3 is 15.3 Å². The molecule has 1 unspecified atom stereocenters. The number of carboxylic acid groups (broad SMARTS) is 1. The summed E-state index contributed by atoms with van der Waals surface area (Å²) in [6, 6.07) is -0.148. The molecule has 1 atom stereocenters. The van der Waals surface area contributed by atoms with E-state index in [1.807, 2.05) is 0 Å². The zero-order valence-electron chi connectivity index (χ0n) is 11.0. The van der Waals surface area contributed by atoms with Crippen molar-refractivity contribution in [3.63, 3.8) is 0 Å². The molecule has 0 fully saturated rings. The molecule has 0 aliphatic carbocycles. The van der Waals surface area contributed by atoms with Crippen LogP contribution in [0, 0.1) is 0 Å². The SMILES string of the molecule is CCCCC(CCC)NC(=O)N(C)CC(=O)O. The lowest BCUT2D eigenvalue weighted by atomic mass is 10.1. The molecule has 0 aromatic carbocycles. The topological polar surface area (TPSA) is 69.6 Å². The summed E-state index contributed by atoms with van der Waals surface area (Å²) in [5.41, 5.74) is 0. The standard InChI is InChI=1S/C12H24N2O3/c1-4-6-8-10(7-5-2)13-12(17)14(3)9-11(15)16/h10H,4-9H2,1-3H3,(H,13,17)(H,15,16). The molecule has 0 bridgehead atoms. The first kappa shape index (κ1) is 15.7. The molecule has 0 aromatic rings. The lowest BCUT2D eigenvalue weighted by Gasteiger charge is -2.22. The zero-order chi connectivity index (χ0) is 13.3. The molecule has 2 amide bonds. The molecule has 0 spiro atoms. The number of carbonyl (C=O) groups is 2. The van der Waals surface area contributed by atoms with E-state index in [0.717, 1.165) is 32.1 Å². The van der Waals surface area contributed by atoms with Gasteiger partial charge in [0.1, 0.15) is 6.54 Å². The van der Waals surface area contributed by atoms with Crippen LogP contribution in [-0.4, -0.2) is 41.6 Å². The molecule has 0 rings (SSSR count). The van der Waals surface area contributed by atoms with E-state index < -0.39 is 5.97 Å². The summed E-state index contributed by atoms with van der Waals surface area (Å²) in [5, 5.41) is 11.5. The summed E-state index contributed by atoms with van der Waals surface area (Å²) in [5.74, 6) is -0.997. The van der Waals surface area contributed by atoms with E-state index in [2.05, 4.69) is 19.2 Å². The molecule has 0 radical (unpaired) electrons. The Balaban J connectivity index is 4.13. The summed E-state index contributed by atoms with van der Waals surface area (Å²) in [6.07, 6.45) is 5.08. The lowest BCUT2D eigenvalue weighted by Crippen LogP contribution is -2.44. The third kappa shape index (κ3) is 7.60. The summed E-state index contributed by atoms with van der Waals surface area (Å²) in [7, 11) is 1.49. The Morgan fingerprint density at radius 1 is 1.24 bits per heavy atom. The van der Waals surface area contributed by atoms with Gasteiger partial charge in [-0.05, 0) is 12.8 Å². The van der Waals surface area contributed by atoms with Crippen molar-refractivity contribution in [1.29, 1.82) is 0 Å². The Morgan fingerprint density at radius 2 is 1.88 bits per heavy atom. The fourth-order valence-electron chi connectivity index (χ4n) is 1.65. The fourth-order valence-corrected chi connectivity index (χ4v) is 1.65. The van der Waals surface area contributed by atoms with E-state index in [1.54, 1.807) is 0 Å². The van der Waals surface area contributed by atoms with Crippen molar-refractivity contribution in [2.75, 3.05) is 13.6 Å². The average Bonchev–Trinajstić information content (AvgIpc) is 2.25. The molecule has 0 aliphatic rings. The number of hydrogen-bond donors (Lipinski definition) is 2. The molecule has 100 valence electrons. The smallest absolute Gasteiger partial charge is 0.323 e. The second-order valence-corrected chi connectivity index (χ2v) is 4.33. The average molecular weight is 244 g/mol. The predicted molar refractivity (Wildman–Crippen MR) is 67.0 cm³/mol. The van der Waals surface area contributed by atoms with Crippen LogP contribution in [0.2, 0.25) is 0 Å². The molecular weight excluding hydrogens is 220 g/mol. The van der Waals surface area contributed by atoms with Gasteiger partial charge in [0.25, 0.3) is 0 Å². The summed E-state index contributed by atoms with van der Waals surface area (Å²) >= 11 is 0. The highest BCUT2D eigenvalue weighted by atomic mass is 16.4. The monoisotopic (exact) mass is 244 g/mol. The van der Waals surface area contributed by atoms with Crippen LogP contribution in [0.15, 0.2) is 0 Å². The van der Waals surface area contributed by atoms with Crippen LogP contribution in [-0.2, 0) is 4.79 Å². The quantitative estimate of drug-likeness (QED) is 0.686. The molecule has 0 saturated carbocycles. The minimum atomic E-state index is -0.997. The van der Waals surface area contributed by atoms with Crippen molar-refractivity contribution in [3.05, 3.63) is 0 Å². The Hall–Kier alpha value is -1.26. The molecule has 5 nitrogen and oxygen atoms in total. The van der Waals surface area contributed by atoms with Crippen molar-refractivity contribution in [2.24, 2.45) is 0 Å². The van der Waals surface area contributed by atoms with Gasteiger partial charge in [0, 0.05) is 13.1 Å². The van der Waals surface area contributed by atoms with E-state index in [1.165, 1.54) is 11.9 Å². The van der Waals surface area contributed by atoms with Crippen LogP contribution in [0.25, 0.3) is 0 Å². The Morgan fingerprint density at radius 3 is 2.35 bits per heavy atom. The summed E-state index contributed by atoms with van der Waals surface area (Å²) in [4.78, 5) is 23.3. The third-order valence-electron chi connectivity index (χ3n) is 2.59. The van der Waals surface area contributed by atoms with Gasteiger partial charge in [0.2, 0.25) is 0 Å². The van der Waals surface area contributed by atoms with Crippen LogP contribution < -0.4 is 5.32 Å². The van der Waals surface area contributed by atoms with Gasteiger partial charge >= 0.3 is 12.0 Å².